The zero-order valence-corrected chi connectivity index (χ0v) is 16.6. The molecule has 7 heteroatoms. The molecule has 5 nitrogen and oxygen atoms in total. The number of nitrogens with zero attached hydrogens (tertiary/aromatic N) is 1. The highest BCUT2D eigenvalue weighted by Crippen LogP contribution is 2.22. The minimum atomic E-state index is -3.20. The summed E-state index contributed by atoms with van der Waals surface area (Å²) in [4.78, 5) is 14.5. The Morgan fingerprint density at radius 3 is 2.35 bits per heavy atom. The van der Waals surface area contributed by atoms with Crippen molar-refractivity contribution in [3.05, 3.63) is 59.1 Å². The van der Waals surface area contributed by atoms with Crippen LogP contribution in [-0.4, -0.2) is 39.1 Å². The molecule has 0 spiro atoms. The van der Waals surface area contributed by atoms with Gasteiger partial charge in [-0.15, -0.1) is 0 Å². The molecule has 0 saturated heterocycles. The highest BCUT2D eigenvalue weighted by molar-refractivity contribution is 7.90. The van der Waals surface area contributed by atoms with E-state index in [0.29, 0.717) is 28.6 Å². The molecule has 2 rings (SSSR count). The van der Waals surface area contributed by atoms with Crippen molar-refractivity contribution < 1.29 is 13.2 Å². The zero-order valence-electron chi connectivity index (χ0n) is 15.1. The molecule has 2 aromatic carbocycles. The molecule has 140 valence electrons. The smallest absolute Gasteiger partial charge is 0.225 e. The largest absolute Gasteiger partial charge is 0.325 e. The van der Waals surface area contributed by atoms with E-state index in [1.54, 1.807) is 36.4 Å². The van der Waals surface area contributed by atoms with E-state index in [1.165, 1.54) is 6.26 Å². The minimum Gasteiger partial charge on any atom is -0.325 e. The molecule has 0 aliphatic heterocycles. The molecule has 0 bridgehead atoms. The number of amides is 1. The van der Waals surface area contributed by atoms with Crippen molar-refractivity contribution >= 4 is 33.0 Å². The SMILES string of the molecule is C[C@@H](c1ccc(S(C)(=O)=O)cc1)N(C)CCC(=O)Nc1ccccc1Cl. The summed E-state index contributed by atoms with van der Waals surface area (Å²) in [7, 11) is -1.27. The standard InChI is InChI=1S/C19H23ClN2O3S/c1-14(15-8-10-16(11-9-15)26(3,24)25)22(2)13-12-19(23)21-18-7-5-4-6-17(18)20/h4-11,14H,12-13H2,1-3H3,(H,21,23)/t14-/m0/s1. The van der Waals surface area contributed by atoms with Crippen LogP contribution in [0.1, 0.15) is 24.9 Å². The molecular formula is C19H23ClN2O3S. The second-order valence-corrected chi connectivity index (χ2v) is 8.70. The maximum atomic E-state index is 12.1. The molecule has 1 N–H and O–H groups in total. The van der Waals surface area contributed by atoms with E-state index >= 15 is 0 Å². The molecule has 0 aromatic heterocycles. The third-order valence-electron chi connectivity index (χ3n) is 4.29. The lowest BCUT2D eigenvalue weighted by Gasteiger charge is -2.25. The van der Waals surface area contributed by atoms with Crippen LogP contribution < -0.4 is 5.32 Å². The summed E-state index contributed by atoms with van der Waals surface area (Å²) in [5.74, 6) is -0.107. The number of halogens is 1. The molecule has 0 aliphatic rings. The first-order valence-corrected chi connectivity index (χ1v) is 10.5. The summed E-state index contributed by atoms with van der Waals surface area (Å²) in [6.07, 6.45) is 1.52. The van der Waals surface area contributed by atoms with Crippen molar-refractivity contribution in [1.82, 2.24) is 4.90 Å². The Labute approximate surface area is 159 Å². The van der Waals surface area contributed by atoms with E-state index < -0.39 is 9.84 Å². The summed E-state index contributed by atoms with van der Waals surface area (Å²) < 4.78 is 23.1. The van der Waals surface area contributed by atoms with Gasteiger partial charge in [0, 0.05) is 25.3 Å². The van der Waals surface area contributed by atoms with E-state index in [2.05, 4.69) is 5.32 Å². The van der Waals surface area contributed by atoms with Crippen molar-refractivity contribution in [3.8, 4) is 0 Å². The van der Waals surface area contributed by atoms with Crippen molar-refractivity contribution in [2.45, 2.75) is 24.3 Å². The summed E-state index contributed by atoms with van der Waals surface area (Å²) in [6, 6.07) is 14.0. The van der Waals surface area contributed by atoms with Crippen LogP contribution in [0.2, 0.25) is 5.02 Å². The molecule has 2 aromatic rings. The van der Waals surface area contributed by atoms with Crippen molar-refractivity contribution in [1.29, 1.82) is 0 Å². The predicted molar refractivity (Wildman–Crippen MR) is 105 cm³/mol. The number of benzene rings is 2. The molecule has 1 amide bonds. The Bertz CT molecular complexity index is 867. The molecule has 0 radical (unpaired) electrons. The second kappa shape index (κ2) is 8.66. The number of anilines is 1. The first-order chi connectivity index (χ1) is 12.2. The highest BCUT2D eigenvalue weighted by atomic mass is 35.5. The van der Waals surface area contributed by atoms with Crippen LogP contribution in [0.5, 0.6) is 0 Å². The van der Waals surface area contributed by atoms with Gasteiger partial charge in [-0.25, -0.2) is 8.42 Å². The normalized spacial score (nSPS) is 12.8. The fourth-order valence-electron chi connectivity index (χ4n) is 2.49. The van der Waals surface area contributed by atoms with E-state index in [9.17, 15) is 13.2 Å². The summed E-state index contributed by atoms with van der Waals surface area (Å²) in [6.45, 7) is 2.58. The van der Waals surface area contributed by atoms with Gasteiger partial charge in [0.15, 0.2) is 9.84 Å². The van der Waals surface area contributed by atoms with Gasteiger partial charge in [0.1, 0.15) is 0 Å². The summed E-state index contributed by atoms with van der Waals surface area (Å²) >= 11 is 6.04. The third-order valence-corrected chi connectivity index (χ3v) is 5.75. The maximum absolute atomic E-state index is 12.1. The van der Waals surface area contributed by atoms with Crippen LogP contribution >= 0.6 is 11.6 Å². The highest BCUT2D eigenvalue weighted by Gasteiger charge is 2.15. The van der Waals surface area contributed by atoms with Crippen LogP contribution in [0.15, 0.2) is 53.4 Å². The molecule has 1 atom stereocenters. The molecule has 0 unspecified atom stereocenters. The lowest BCUT2D eigenvalue weighted by Crippen LogP contribution is -2.27. The Hall–Kier alpha value is -1.89. The monoisotopic (exact) mass is 394 g/mol. The summed E-state index contributed by atoms with van der Waals surface area (Å²) in [5, 5.41) is 3.31. The molecule has 0 saturated carbocycles. The van der Waals surface area contributed by atoms with Gasteiger partial charge in [-0.05, 0) is 43.8 Å². The van der Waals surface area contributed by atoms with Crippen LogP contribution in [0, 0.1) is 0 Å². The number of sulfone groups is 1. The van der Waals surface area contributed by atoms with Crippen LogP contribution in [0.4, 0.5) is 5.69 Å². The van der Waals surface area contributed by atoms with Crippen LogP contribution in [0.3, 0.4) is 0 Å². The lowest BCUT2D eigenvalue weighted by atomic mass is 10.1. The molecule has 0 aliphatic carbocycles. The van der Waals surface area contributed by atoms with Gasteiger partial charge in [-0.1, -0.05) is 35.9 Å². The Morgan fingerprint density at radius 1 is 1.15 bits per heavy atom. The predicted octanol–water partition coefficient (Wildman–Crippen LogP) is 3.77. The van der Waals surface area contributed by atoms with Gasteiger partial charge in [0.05, 0.1) is 15.6 Å². The number of hydrogen-bond acceptors (Lipinski definition) is 4. The number of carbonyl (C=O) groups excluding carboxylic acids is 1. The van der Waals surface area contributed by atoms with E-state index in [4.69, 9.17) is 11.6 Å². The summed E-state index contributed by atoms with van der Waals surface area (Å²) in [5.41, 5.74) is 1.60. The zero-order chi connectivity index (χ0) is 19.3. The second-order valence-electron chi connectivity index (χ2n) is 6.28. The topological polar surface area (TPSA) is 66.5 Å². The minimum absolute atomic E-state index is 0.0525. The third kappa shape index (κ3) is 5.56. The van der Waals surface area contributed by atoms with Crippen LogP contribution in [0.25, 0.3) is 0 Å². The first-order valence-electron chi connectivity index (χ1n) is 8.23. The quantitative estimate of drug-likeness (QED) is 0.776. The lowest BCUT2D eigenvalue weighted by molar-refractivity contribution is -0.116. The van der Waals surface area contributed by atoms with Gasteiger partial charge < -0.3 is 5.32 Å². The number of carbonyl (C=O) groups is 1. The molecule has 0 heterocycles. The van der Waals surface area contributed by atoms with Gasteiger partial charge in [0.2, 0.25) is 5.91 Å². The van der Waals surface area contributed by atoms with Crippen molar-refractivity contribution in [2.75, 3.05) is 25.2 Å². The maximum Gasteiger partial charge on any atom is 0.225 e. The number of para-hydroxylation sites is 1. The van der Waals surface area contributed by atoms with Gasteiger partial charge in [-0.3, -0.25) is 9.69 Å². The van der Waals surface area contributed by atoms with Crippen molar-refractivity contribution in [3.63, 3.8) is 0 Å². The fraction of sp³-hybridized carbons (Fsp3) is 0.316. The van der Waals surface area contributed by atoms with Crippen LogP contribution in [-0.2, 0) is 14.6 Å². The fourth-order valence-corrected chi connectivity index (χ4v) is 3.31. The van der Waals surface area contributed by atoms with Gasteiger partial charge in [0.25, 0.3) is 0 Å². The first kappa shape index (κ1) is 20.4. The Balaban J connectivity index is 1.91. The van der Waals surface area contributed by atoms with E-state index in [-0.39, 0.29) is 11.9 Å². The Kier molecular flexibility index (Phi) is 6.81. The van der Waals surface area contributed by atoms with Gasteiger partial charge in [-0.2, -0.15) is 0 Å². The number of hydrogen-bond donors (Lipinski definition) is 1. The van der Waals surface area contributed by atoms with Crippen molar-refractivity contribution in [2.24, 2.45) is 0 Å². The number of rotatable bonds is 7. The molecule has 0 fully saturated rings. The molecular weight excluding hydrogens is 372 g/mol. The van der Waals surface area contributed by atoms with Gasteiger partial charge >= 0.3 is 0 Å². The number of nitrogens with one attached hydrogen (secondary N) is 1. The van der Waals surface area contributed by atoms with E-state index in [0.717, 1.165) is 5.56 Å². The Morgan fingerprint density at radius 2 is 1.77 bits per heavy atom. The molecule has 26 heavy (non-hydrogen) atoms. The average molecular weight is 395 g/mol. The average Bonchev–Trinajstić information content (AvgIpc) is 2.60. The van der Waals surface area contributed by atoms with E-state index in [1.807, 2.05) is 31.0 Å².